The van der Waals surface area contributed by atoms with Crippen LogP contribution in [-0.4, -0.2) is 28.9 Å². The maximum absolute atomic E-state index is 11.8. The van der Waals surface area contributed by atoms with Crippen molar-refractivity contribution in [3.05, 3.63) is 33.2 Å². The van der Waals surface area contributed by atoms with Crippen molar-refractivity contribution < 1.29 is 14.6 Å². The zero-order valence-corrected chi connectivity index (χ0v) is 10.5. The van der Waals surface area contributed by atoms with Crippen molar-refractivity contribution >= 4 is 5.97 Å². The van der Waals surface area contributed by atoms with Crippen LogP contribution in [0.2, 0.25) is 0 Å². The van der Waals surface area contributed by atoms with Crippen molar-refractivity contribution in [3.8, 4) is 0 Å². The molecule has 0 aliphatic heterocycles. The number of ether oxygens (including phenoxy) is 1. The molecular weight excluding hydrogens is 222 g/mol. The van der Waals surface area contributed by atoms with Crippen LogP contribution in [0.25, 0.3) is 0 Å². The monoisotopic (exact) mass is 239 g/mol. The van der Waals surface area contributed by atoms with E-state index in [1.807, 2.05) is 6.92 Å². The van der Waals surface area contributed by atoms with Crippen molar-refractivity contribution in [2.75, 3.05) is 7.11 Å². The molecule has 5 nitrogen and oxygen atoms in total. The number of aromatic carboxylic acids is 1. The molecule has 0 spiro atoms. The Kier molecular flexibility index (Phi) is 4.07. The van der Waals surface area contributed by atoms with Crippen LogP contribution in [0.1, 0.15) is 28.5 Å². The molecule has 0 aliphatic carbocycles. The number of aromatic nitrogens is 1. The quantitative estimate of drug-likeness (QED) is 0.857. The summed E-state index contributed by atoms with van der Waals surface area (Å²) in [6.45, 7) is 5.44. The standard InChI is InChI=1S/C12H17NO4/c1-7-5-10(14)13(6-8(2)17-4)9(3)11(7)12(15)16/h5,8H,6H2,1-4H3,(H,15,16). The van der Waals surface area contributed by atoms with E-state index in [1.165, 1.54) is 10.6 Å². The normalized spacial score (nSPS) is 12.5. The van der Waals surface area contributed by atoms with Crippen molar-refractivity contribution in [2.45, 2.75) is 33.4 Å². The minimum Gasteiger partial charge on any atom is -0.478 e. The number of aryl methyl sites for hydroxylation is 1. The average molecular weight is 239 g/mol. The number of rotatable bonds is 4. The molecule has 1 aromatic rings. The molecule has 0 aliphatic rings. The molecule has 94 valence electrons. The molecule has 0 saturated heterocycles. The molecule has 0 aromatic carbocycles. The number of hydrogen-bond acceptors (Lipinski definition) is 3. The zero-order valence-electron chi connectivity index (χ0n) is 10.5. The fourth-order valence-electron chi connectivity index (χ4n) is 1.80. The first-order valence-corrected chi connectivity index (χ1v) is 5.35. The SMILES string of the molecule is COC(C)Cn1c(C)c(C(=O)O)c(C)cc1=O. The molecule has 0 radical (unpaired) electrons. The topological polar surface area (TPSA) is 68.5 Å². The number of carboxylic acids is 1. The predicted octanol–water partition coefficient (Wildman–Crippen LogP) is 1.20. The van der Waals surface area contributed by atoms with E-state index in [9.17, 15) is 9.59 Å². The summed E-state index contributed by atoms with van der Waals surface area (Å²) in [6.07, 6.45) is -0.143. The Morgan fingerprint density at radius 1 is 1.53 bits per heavy atom. The Labute approximate surface area is 99.6 Å². The Hall–Kier alpha value is -1.62. The van der Waals surface area contributed by atoms with Crippen molar-refractivity contribution in [1.29, 1.82) is 0 Å². The van der Waals surface area contributed by atoms with Gasteiger partial charge in [0.05, 0.1) is 18.2 Å². The fraction of sp³-hybridized carbons (Fsp3) is 0.500. The van der Waals surface area contributed by atoms with E-state index in [0.717, 1.165) is 0 Å². The first kappa shape index (κ1) is 13.4. The minimum absolute atomic E-state index is 0.143. The Bertz CT molecular complexity index is 490. The summed E-state index contributed by atoms with van der Waals surface area (Å²) in [5, 5.41) is 9.11. The summed E-state index contributed by atoms with van der Waals surface area (Å²) in [4.78, 5) is 22.9. The molecule has 1 atom stereocenters. The van der Waals surface area contributed by atoms with Gasteiger partial charge in [-0.05, 0) is 26.3 Å². The van der Waals surface area contributed by atoms with Crippen LogP contribution in [-0.2, 0) is 11.3 Å². The maximum Gasteiger partial charge on any atom is 0.337 e. The van der Waals surface area contributed by atoms with Crippen LogP contribution in [0.15, 0.2) is 10.9 Å². The van der Waals surface area contributed by atoms with Gasteiger partial charge in [0, 0.05) is 18.9 Å². The summed E-state index contributed by atoms with van der Waals surface area (Å²) in [5.74, 6) is -1.01. The minimum atomic E-state index is -1.01. The molecule has 1 rings (SSSR count). The largest absolute Gasteiger partial charge is 0.478 e. The van der Waals surface area contributed by atoms with E-state index in [0.29, 0.717) is 17.8 Å². The maximum atomic E-state index is 11.8. The lowest BCUT2D eigenvalue weighted by atomic mass is 10.1. The van der Waals surface area contributed by atoms with E-state index in [2.05, 4.69) is 0 Å². The molecule has 0 fully saturated rings. The van der Waals surface area contributed by atoms with E-state index in [1.54, 1.807) is 21.0 Å². The van der Waals surface area contributed by atoms with Gasteiger partial charge in [0.1, 0.15) is 0 Å². The van der Waals surface area contributed by atoms with Crippen LogP contribution in [0, 0.1) is 13.8 Å². The number of hydrogen-bond donors (Lipinski definition) is 1. The third-order valence-electron chi connectivity index (χ3n) is 2.82. The lowest BCUT2D eigenvalue weighted by Crippen LogP contribution is -2.30. The number of carboxylic acid groups (broad SMARTS) is 1. The molecular formula is C12H17NO4. The van der Waals surface area contributed by atoms with Gasteiger partial charge in [0.2, 0.25) is 0 Å². The van der Waals surface area contributed by atoms with Gasteiger partial charge >= 0.3 is 5.97 Å². The molecule has 0 amide bonds. The third kappa shape index (κ3) is 2.74. The second-order valence-electron chi connectivity index (χ2n) is 4.09. The van der Waals surface area contributed by atoms with Crippen LogP contribution in [0.5, 0.6) is 0 Å². The summed E-state index contributed by atoms with van der Waals surface area (Å²) in [6, 6.07) is 1.35. The van der Waals surface area contributed by atoms with Crippen LogP contribution in [0.4, 0.5) is 0 Å². The highest BCUT2D eigenvalue weighted by atomic mass is 16.5. The van der Waals surface area contributed by atoms with Gasteiger partial charge in [-0.2, -0.15) is 0 Å². The van der Waals surface area contributed by atoms with Crippen LogP contribution < -0.4 is 5.56 Å². The van der Waals surface area contributed by atoms with Gasteiger partial charge in [-0.3, -0.25) is 4.79 Å². The van der Waals surface area contributed by atoms with Gasteiger partial charge in [-0.25, -0.2) is 4.79 Å². The highest BCUT2D eigenvalue weighted by Crippen LogP contribution is 2.11. The molecule has 0 saturated carbocycles. The average Bonchev–Trinajstić information content (AvgIpc) is 2.22. The Balaban J connectivity index is 3.36. The van der Waals surface area contributed by atoms with Crippen molar-refractivity contribution in [2.24, 2.45) is 0 Å². The van der Waals surface area contributed by atoms with Gasteiger partial charge < -0.3 is 14.4 Å². The first-order valence-electron chi connectivity index (χ1n) is 5.35. The lowest BCUT2D eigenvalue weighted by Gasteiger charge is -2.17. The first-order chi connectivity index (χ1) is 7.88. The van der Waals surface area contributed by atoms with Crippen molar-refractivity contribution in [1.82, 2.24) is 4.57 Å². The number of carbonyl (C=O) groups is 1. The third-order valence-corrected chi connectivity index (χ3v) is 2.82. The highest BCUT2D eigenvalue weighted by molar-refractivity contribution is 5.90. The van der Waals surface area contributed by atoms with Crippen LogP contribution >= 0.6 is 0 Å². The molecule has 1 unspecified atom stereocenters. The second kappa shape index (κ2) is 5.14. The van der Waals surface area contributed by atoms with E-state index >= 15 is 0 Å². The lowest BCUT2D eigenvalue weighted by molar-refractivity contribution is 0.0691. The Morgan fingerprint density at radius 3 is 2.59 bits per heavy atom. The number of pyridine rings is 1. The van der Waals surface area contributed by atoms with Crippen molar-refractivity contribution in [3.63, 3.8) is 0 Å². The van der Waals surface area contributed by atoms with E-state index < -0.39 is 5.97 Å². The summed E-state index contributed by atoms with van der Waals surface area (Å²) in [7, 11) is 1.55. The summed E-state index contributed by atoms with van der Waals surface area (Å²) < 4.78 is 6.52. The highest BCUT2D eigenvalue weighted by Gasteiger charge is 2.16. The molecule has 1 N–H and O–H groups in total. The second-order valence-corrected chi connectivity index (χ2v) is 4.09. The molecule has 17 heavy (non-hydrogen) atoms. The number of nitrogens with zero attached hydrogens (tertiary/aromatic N) is 1. The Morgan fingerprint density at radius 2 is 2.12 bits per heavy atom. The van der Waals surface area contributed by atoms with Crippen LogP contribution in [0.3, 0.4) is 0 Å². The number of methoxy groups -OCH3 is 1. The van der Waals surface area contributed by atoms with E-state index in [-0.39, 0.29) is 17.2 Å². The molecule has 5 heteroatoms. The van der Waals surface area contributed by atoms with Gasteiger partial charge in [0.15, 0.2) is 0 Å². The molecule has 1 heterocycles. The molecule has 0 bridgehead atoms. The predicted molar refractivity (Wildman–Crippen MR) is 63.6 cm³/mol. The zero-order chi connectivity index (χ0) is 13.2. The smallest absolute Gasteiger partial charge is 0.337 e. The summed E-state index contributed by atoms with van der Waals surface area (Å²) in [5.41, 5.74) is 0.939. The summed E-state index contributed by atoms with van der Waals surface area (Å²) >= 11 is 0. The van der Waals surface area contributed by atoms with Gasteiger partial charge in [0.25, 0.3) is 5.56 Å². The fourth-order valence-corrected chi connectivity index (χ4v) is 1.80. The van der Waals surface area contributed by atoms with E-state index in [4.69, 9.17) is 9.84 Å². The van der Waals surface area contributed by atoms with Gasteiger partial charge in [-0.15, -0.1) is 0 Å². The molecule has 1 aromatic heterocycles. The van der Waals surface area contributed by atoms with Gasteiger partial charge in [-0.1, -0.05) is 0 Å².